The minimum atomic E-state index is -0.209. The standard InChI is InChI=1S/C24H26BrFN2O/c25-20-8-7-16(26)13-18(20)22-14-24(10-1-2-11-24)19-12-15(6-9-21(19)28-22)23(29)27-17-4-3-5-17/h6-9,12-13,17,22,28H,1-5,10-11,14H2,(H,27,29). The van der Waals surface area contributed by atoms with Gasteiger partial charge in [-0.15, -0.1) is 0 Å². The highest BCUT2D eigenvalue weighted by molar-refractivity contribution is 9.10. The molecule has 5 heteroatoms. The molecule has 29 heavy (non-hydrogen) atoms. The molecule has 2 N–H and O–H groups in total. The lowest BCUT2D eigenvalue weighted by Gasteiger charge is -2.42. The Bertz CT molecular complexity index is 950. The largest absolute Gasteiger partial charge is 0.378 e. The number of benzene rings is 2. The van der Waals surface area contributed by atoms with Crippen molar-refractivity contribution in [1.29, 1.82) is 0 Å². The van der Waals surface area contributed by atoms with Crippen molar-refractivity contribution in [2.75, 3.05) is 5.32 Å². The van der Waals surface area contributed by atoms with Crippen molar-refractivity contribution >= 4 is 27.5 Å². The van der Waals surface area contributed by atoms with E-state index in [4.69, 9.17) is 0 Å². The van der Waals surface area contributed by atoms with E-state index in [9.17, 15) is 9.18 Å². The molecule has 3 nitrogen and oxygen atoms in total. The Morgan fingerprint density at radius 1 is 1.10 bits per heavy atom. The average Bonchev–Trinajstić information content (AvgIpc) is 3.15. The quantitative estimate of drug-likeness (QED) is 0.573. The number of hydrogen-bond acceptors (Lipinski definition) is 2. The lowest BCUT2D eigenvalue weighted by molar-refractivity contribution is 0.0916. The first-order chi connectivity index (χ1) is 14.0. The number of fused-ring (bicyclic) bond motifs is 2. The highest BCUT2D eigenvalue weighted by Crippen LogP contribution is 2.53. The van der Waals surface area contributed by atoms with Gasteiger partial charge in [-0.2, -0.15) is 0 Å². The zero-order chi connectivity index (χ0) is 20.0. The third-order valence-corrected chi connectivity index (χ3v) is 7.83. The maximum atomic E-state index is 14.0. The molecule has 2 aromatic rings. The third kappa shape index (κ3) is 3.48. The molecule has 0 radical (unpaired) electrons. The molecular formula is C24H26BrFN2O. The first-order valence-electron chi connectivity index (χ1n) is 10.7. The van der Waals surface area contributed by atoms with Crippen LogP contribution in [0.1, 0.15) is 78.9 Å². The van der Waals surface area contributed by atoms with Crippen molar-refractivity contribution in [3.05, 3.63) is 63.4 Å². The minimum Gasteiger partial charge on any atom is -0.378 e. The fourth-order valence-electron chi connectivity index (χ4n) is 5.31. The third-order valence-electron chi connectivity index (χ3n) is 7.11. The Balaban J connectivity index is 1.50. The molecule has 1 unspecified atom stereocenters. The molecule has 0 aromatic heterocycles. The molecule has 2 fully saturated rings. The van der Waals surface area contributed by atoms with Crippen LogP contribution in [0.3, 0.4) is 0 Å². The monoisotopic (exact) mass is 456 g/mol. The summed E-state index contributed by atoms with van der Waals surface area (Å²) in [7, 11) is 0. The summed E-state index contributed by atoms with van der Waals surface area (Å²) in [4.78, 5) is 12.7. The first kappa shape index (κ1) is 19.1. The summed E-state index contributed by atoms with van der Waals surface area (Å²) in [6.45, 7) is 0. The van der Waals surface area contributed by atoms with Crippen LogP contribution in [-0.2, 0) is 5.41 Å². The number of amides is 1. The number of carbonyl (C=O) groups is 1. The SMILES string of the molecule is O=C(NC1CCC1)c1ccc2c(c1)C1(CCCC1)CC(c1cc(F)ccc1Br)N2. The van der Waals surface area contributed by atoms with Gasteiger partial charge in [0.15, 0.2) is 0 Å². The van der Waals surface area contributed by atoms with Gasteiger partial charge in [0.25, 0.3) is 5.91 Å². The molecule has 1 heterocycles. The summed E-state index contributed by atoms with van der Waals surface area (Å²) in [6.07, 6.45) is 8.97. The molecule has 1 amide bonds. The summed E-state index contributed by atoms with van der Waals surface area (Å²) in [5, 5.41) is 6.79. The van der Waals surface area contributed by atoms with E-state index in [1.165, 1.54) is 30.9 Å². The van der Waals surface area contributed by atoms with E-state index in [-0.39, 0.29) is 23.2 Å². The summed E-state index contributed by atoms with van der Waals surface area (Å²) in [5.74, 6) is -0.167. The highest BCUT2D eigenvalue weighted by atomic mass is 79.9. The molecule has 0 bridgehead atoms. The fourth-order valence-corrected chi connectivity index (χ4v) is 5.83. The predicted octanol–water partition coefficient (Wildman–Crippen LogP) is 6.24. The van der Waals surface area contributed by atoms with Crippen molar-refractivity contribution in [1.82, 2.24) is 5.32 Å². The molecular weight excluding hydrogens is 431 g/mol. The van der Waals surface area contributed by atoms with Gasteiger partial charge >= 0.3 is 0 Å². The Hall–Kier alpha value is -1.88. The number of rotatable bonds is 3. The van der Waals surface area contributed by atoms with Crippen LogP contribution in [0.15, 0.2) is 40.9 Å². The Kier molecular flexibility index (Phi) is 4.89. The van der Waals surface area contributed by atoms with Gasteiger partial charge in [-0.05, 0) is 91.5 Å². The van der Waals surface area contributed by atoms with Crippen molar-refractivity contribution in [2.45, 2.75) is 68.9 Å². The van der Waals surface area contributed by atoms with E-state index in [0.29, 0.717) is 6.04 Å². The molecule has 1 spiro atoms. The highest BCUT2D eigenvalue weighted by Gasteiger charge is 2.43. The number of anilines is 1. The molecule has 2 saturated carbocycles. The topological polar surface area (TPSA) is 41.1 Å². The molecule has 0 saturated heterocycles. The van der Waals surface area contributed by atoms with Crippen LogP contribution in [0, 0.1) is 5.82 Å². The van der Waals surface area contributed by atoms with E-state index in [0.717, 1.165) is 53.4 Å². The number of nitrogens with one attached hydrogen (secondary N) is 2. The van der Waals surface area contributed by atoms with Crippen LogP contribution in [-0.4, -0.2) is 11.9 Å². The molecule has 1 aliphatic heterocycles. The normalized spacial score (nSPS) is 22.6. The van der Waals surface area contributed by atoms with Crippen molar-refractivity contribution < 1.29 is 9.18 Å². The molecule has 2 aliphatic carbocycles. The lowest BCUT2D eigenvalue weighted by atomic mass is 9.69. The minimum absolute atomic E-state index is 0.0423. The summed E-state index contributed by atoms with van der Waals surface area (Å²) < 4.78 is 14.9. The number of hydrogen-bond donors (Lipinski definition) is 2. The second-order valence-electron chi connectivity index (χ2n) is 8.92. The van der Waals surface area contributed by atoms with E-state index >= 15 is 0 Å². The van der Waals surface area contributed by atoms with E-state index in [1.807, 2.05) is 12.1 Å². The summed E-state index contributed by atoms with van der Waals surface area (Å²) in [6, 6.07) is 11.4. The van der Waals surface area contributed by atoms with E-state index < -0.39 is 0 Å². The Labute approximate surface area is 179 Å². The van der Waals surface area contributed by atoms with Gasteiger partial charge in [-0.25, -0.2) is 4.39 Å². The molecule has 152 valence electrons. The van der Waals surface area contributed by atoms with Crippen LogP contribution in [0.2, 0.25) is 0 Å². The first-order valence-corrected chi connectivity index (χ1v) is 11.5. The summed E-state index contributed by atoms with van der Waals surface area (Å²) in [5.41, 5.74) is 4.13. The van der Waals surface area contributed by atoms with Gasteiger partial charge in [0.2, 0.25) is 0 Å². The van der Waals surface area contributed by atoms with E-state index in [1.54, 1.807) is 12.1 Å². The van der Waals surface area contributed by atoms with Crippen molar-refractivity contribution in [3.8, 4) is 0 Å². The average molecular weight is 457 g/mol. The van der Waals surface area contributed by atoms with Crippen LogP contribution < -0.4 is 10.6 Å². The molecule has 1 atom stereocenters. The fraction of sp³-hybridized carbons (Fsp3) is 0.458. The van der Waals surface area contributed by atoms with Crippen LogP contribution in [0.25, 0.3) is 0 Å². The second-order valence-corrected chi connectivity index (χ2v) is 9.77. The zero-order valence-corrected chi connectivity index (χ0v) is 18.0. The van der Waals surface area contributed by atoms with Gasteiger partial charge in [0, 0.05) is 21.8 Å². The van der Waals surface area contributed by atoms with Gasteiger partial charge in [0.05, 0.1) is 6.04 Å². The van der Waals surface area contributed by atoms with Gasteiger partial charge in [0.1, 0.15) is 5.82 Å². The number of halogens is 2. The molecule has 3 aliphatic rings. The Morgan fingerprint density at radius 3 is 2.62 bits per heavy atom. The van der Waals surface area contributed by atoms with Crippen molar-refractivity contribution in [2.24, 2.45) is 0 Å². The molecule has 2 aromatic carbocycles. The van der Waals surface area contributed by atoms with Crippen LogP contribution >= 0.6 is 15.9 Å². The van der Waals surface area contributed by atoms with Gasteiger partial charge < -0.3 is 10.6 Å². The number of carbonyl (C=O) groups excluding carboxylic acids is 1. The van der Waals surface area contributed by atoms with E-state index in [2.05, 4.69) is 32.6 Å². The van der Waals surface area contributed by atoms with Crippen LogP contribution in [0.5, 0.6) is 0 Å². The smallest absolute Gasteiger partial charge is 0.251 e. The zero-order valence-electron chi connectivity index (χ0n) is 16.4. The Morgan fingerprint density at radius 2 is 1.90 bits per heavy atom. The maximum absolute atomic E-state index is 14.0. The van der Waals surface area contributed by atoms with Gasteiger partial charge in [-0.1, -0.05) is 28.8 Å². The molecule has 5 rings (SSSR count). The maximum Gasteiger partial charge on any atom is 0.251 e. The van der Waals surface area contributed by atoms with Crippen molar-refractivity contribution in [3.63, 3.8) is 0 Å². The predicted molar refractivity (Wildman–Crippen MR) is 117 cm³/mol. The van der Waals surface area contributed by atoms with Gasteiger partial charge in [-0.3, -0.25) is 4.79 Å². The lowest BCUT2D eigenvalue weighted by Crippen LogP contribution is -2.40. The summed E-state index contributed by atoms with van der Waals surface area (Å²) >= 11 is 3.61. The van der Waals surface area contributed by atoms with Crippen LogP contribution in [0.4, 0.5) is 10.1 Å². The second kappa shape index (κ2) is 7.42.